The Hall–Kier alpha value is -1.62. The highest BCUT2D eigenvalue weighted by Gasteiger charge is 1.85. The minimum Gasteiger partial charge on any atom is -0.468 e. The van der Waals surface area contributed by atoms with Gasteiger partial charge in [0.25, 0.3) is 6.47 Å². The van der Waals surface area contributed by atoms with Gasteiger partial charge in [-0.25, -0.2) is 4.39 Å². The van der Waals surface area contributed by atoms with Crippen LogP contribution in [0.1, 0.15) is 6.92 Å². The van der Waals surface area contributed by atoms with Crippen molar-refractivity contribution in [2.45, 2.75) is 6.92 Å². The molecule has 0 bridgehead atoms. The van der Waals surface area contributed by atoms with Crippen LogP contribution in [0.4, 0.5) is 10.1 Å². The third-order valence-corrected chi connectivity index (χ3v) is 1.08. The summed E-state index contributed by atoms with van der Waals surface area (Å²) in [6.07, 6.45) is 0. The summed E-state index contributed by atoms with van der Waals surface area (Å²) in [4.78, 5) is 9.18. The van der Waals surface area contributed by atoms with Crippen LogP contribution in [0.2, 0.25) is 0 Å². The Kier molecular flexibility index (Phi) is 10.1. The fourth-order valence-electron chi connectivity index (χ4n) is 0.575. The van der Waals surface area contributed by atoms with Crippen LogP contribution < -0.4 is 5.73 Å². The van der Waals surface area contributed by atoms with Gasteiger partial charge in [0.15, 0.2) is 0 Å². The second kappa shape index (κ2) is 9.47. The summed E-state index contributed by atoms with van der Waals surface area (Å²) < 4.78 is 16.2. The SMILES string of the molecule is CCOC=O.Nc1cccc(F)c1.O. The van der Waals surface area contributed by atoms with E-state index in [0.29, 0.717) is 18.8 Å². The summed E-state index contributed by atoms with van der Waals surface area (Å²) in [6, 6.07) is 5.85. The summed E-state index contributed by atoms with van der Waals surface area (Å²) >= 11 is 0. The molecule has 1 aromatic rings. The monoisotopic (exact) mass is 203 g/mol. The summed E-state index contributed by atoms with van der Waals surface area (Å²) in [7, 11) is 0. The first-order valence-corrected chi connectivity index (χ1v) is 3.77. The van der Waals surface area contributed by atoms with Crippen molar-refractivity contribution in [3.05, 3.63) is 30.1 Å². The molecule has 0 amide bonds. The van der Waals surface area contributed by atoms with E-state index >= 15 is 0 Å². The standard InChI is InChI=1S/C6H6FN.C3H6O2.H2O/c7-5-2-1-3-6(8)4-5;1-2-5-3-4;/h1-4H,8H2;3H,2H2,1H3;1H2. The highest BCUT2D eigenvalue weighted by Crippen LogP contribution is 2.02. The number of carbonyl (C=O) groups is 1. The van der Waals surface area contributed by atoms with Crippen LogP contribution in [-0.4, -0.2) is 18.6 Å². The molecule has 0 aromatic heterocycles. The van der Waals surface area contributed by atoms with E-state index in [0.717, 1.165) is 0 Å². The van der Waals surface area contributed by atoms with E-state index in [1.54, 1.807) is 19.1 Å². The van der Waals surface area contributed by atoms with E-state index in [9.17, 15) is 9.18 Å². The molecule has 0 aliphatic heterocycles. The highest BCUT2D eigenvalue weighted by molar-refractivity contribution is 5.37. The summed E-state index contributed by atoms with van der Waals surface area (Å²) in [5, 5.41) is 0. The molecule has 14 heavy (non-hydrogen) atoms. The summed E-state index contributed by atoms with van der Waals surface area (Å²) in [5.74, 6) is -0.287. The van der Waals surface area contributed by atoms with Crippen molar-refractivity contribution in [3.63, 3.8) is 0 Å². The van der Waals surface area contributed by atoms with Gasteiger partial charge < -0.3 is 15.9 Å². The molecular formula is C9H14FNO3. The Labute approximate surface area is 81.8 Å². The van der Waals surface area contributed by atoms with Crippen LogP contribution >= 0.6 is 0 Å². The predicted octanol–water partition coefficient (Wildman–Crippen LogP) is 0.762. The second-order valence-corrected chi connectivity index (χ2v) is 2.11. The van der Waals surface area contributed by atoms with E-state index in [4.69, 9.17) is 5.73 Å². The van der Waals surface area contributed by atoms with Crippen LogP contribution in [0.15, 0.2) is 24.3 Å². The minimum absolute atomic E-state index is 0. The van der Waals surface area contributed by atoms with Crippen LogP contribution in [0.5, 0.6) is 0 Å². The first-order valence-electron chi connectivity index (χ1n) is 3.77. The fourth-order valence-corrected chi connectivity index (χ4v) is 0.575. The molecular weight excluding hydrogens is 189 g/mol. The van der Waals surface area contributed by atoms with Gasteiger partial charge in [0, 0.05) is 5.69 Å². The van der Waals surface area contributed by atoms with Crippen LogP contribution in [0, 0.1) is 5.82 Å². The van der Waals surface area contributed by atoms with Crippen molar-refractivity contribution in [2.75, 3.05) is 12.3 Å². The largest absolute Gasteiger partial charge is 0.468 e. The van der Waals surface area contributed by atoms with Crippen molar-refractivity contribution >= 4 is 12.2 Å². The van der Waals surface area contributed by atoms with E-state index < -0.39 is 0 Å². The van der Waals surface area contributed by atoms with Crippen molar-refractivity contribution < 1.29 is 19.4 Å². The van der Waals surface area contributed by atoms with Gasteiger partial charge in [-0.1, -0.05) is 6.07 Å². The maximum absolute atomic E-state index is 12.1. The van der Waals surface area contributed by atoms with Crippen LogP contribution in [-0.2, 0) is 9.53 Å². The molecule has 5 heteroatoms. The molecule has 0 aliphatic rings. The number of nitrogens with two attached hydrogens (primary N) is 1. The Bertz CT molecular complexity index is 238. The smallest absolute Gasteiger partial charge is 0.293 e. The van der Waals surface area contributed by atoms with E-state index in [2.05, 4.69) is 4.74 Å². The molecule has 0 saturated carbocycles. The first-order chi connectivity index (χ1) is 6.20. The number of carbonyl (C=O) groups excluding carboxylic acids is 1. The van der Waals surface area contributed by atoms with E-state index in [1.807, 2.05) is 0 Å². The number of hydrogen-bond acceptors (Lipinski definition) is 3. The number of anilines is 1. The quantitative estimate of drug-likeness (QED) is 0.569. The van der Waals surface area contributed by atoms with Crippen molar-refractivity contribution in [3.8, 4) is 0 Å². The lowest BCUT2D eigenvalue weighted by molar-refractivity contribution is -0.128. The second-order valence-electron chi connectivity index (χ2n) is 2.11. The maximum Gasteiger partial charge on any atom is 0.293 e. The van der Waals surface area contributed by atoms with Crippen molar-refractivity contribution in [2.24, 2.45) is 0 Å². The molecule has 0 spiro atoms. The van der Waals surface area contributed by atoms with Gasteiger partial charge in [-0.15, -0.1) is 0 Å². The summed E-state index contributed by atoms with van der Waals surface area (Å²) in [6.45, 7) is 2.66. The zero-order chi connectivity index (χ0) is 10.1. The lowest BCUT2D eigenvalue weighted by atomic mass is 10.3. The number of benzene rings is 1. The molecule has 4 N–H and O–H groups in total. The highest BCUT2D eigenvalue weighted by atomic mass is 19.1. The Morgan fingerprint density at radius 3 is 2.43 bits per heavy atom. The molecule has 0 unspecified atom stereocenters. The topological polar surface area (TPSA) is 83.8 Å². The Morgan fingerprint density at radius 2 is 2.21 bits per heavy atom. The lowest BCUT2D eigenvalue weighted by Gasteiger charge is -1.88. The molecule has 0 radical (unpaired) electrons. The van der Waals surface area contributed by atoms with Crippen molar-refractivity contribution in [1.82, 2.24) is 0 Å². The van der Waals surface area contributed by atoms with Gasteiger partial charge in [0.1, 0.15) is 5.82 Å². The molecule has 0 aliphatic carbocycles. The molecule has 1 rings (SSSR count). The number of rotatable bonds is 2. The molecule has 0 heterocycles. The molecule has 4 nitrogen and oxygen atoms in total. The molecule has 1 aromatic carbocycles. The average molecular weight is 203 g/mol. The van der Waals surface area contributed by atoms with Crippen LogP contribution in [0.3, 0.4) is 0 Å². The number of halogens is 1. The Morgan fingerprint density at radius 1 is 1.57 bits per heavy atom. The fraction of sp³-hybridized carbons (Fsp3) is 0.222. The third kappa shape index (κ3) is 8.48. The van der Waals surface area contributed by atoms with Gasteiger partial charge >= 0.3 is 0 Å². The maximum atomic E-state index is 12.1. The van der Waals surface area contributed by atoms with E-state index in [-0.39, 0.29) is 11.3 Å². The van der Waals surface area contributed by atoms with Gasteiger partial charge in [-0.05, 0) is 25.1 Å². The predicted molar refractivity (Wildman–Crippen MR) is 52.1 cm³/mol. The number of ether oxygens (including phenoxy) is 1. The molecule has 0 fully saturated rings. The zero-order valence-corrected chi connectivity index (χ0v) is 7.87. The van der Waals surface area contributed by atoms with Gasteiger partial charge in [-0.2, -0.15) is 0 Å². The van der Waals surface area contributed by atoms with Gasteiger partial charge in [0.05, 0.1) is 6.61 Å². The molecule has 0 atom stereocenters. The number of hydrogen-bond donors (Lipinski definition) is 1. The minimum atomic E-state index is -0.287. The van der Waals surface area contributed by atoms with E-state index in [1.165, 1.54) is 12.1 Å². The lowest BCUT2D eigenvalue weighted by Crippen LogP contribution is -1.83. The normalized spacial score (nSPS) is 7.57. The van der Waals surface area contributed by atoms with Crippen LogP contribution in [0.25, 0.3) is 0 Å². The van der Waals surface area contributed by atoms with Crippen molar-refractivity contribution in [1.29, 1.82) is 0 Å². The van der Waals surface area contributed by atoms with Gasteiger partial charge in [-0.3, -0.25) is 4.79 Å². The average Bonchev–Trinajstić information content (AvgIpc) is 2.06. The Balaban J connectivity index is 0. The number of nitrogen functional groups attached to an aromatic ring is 1. The molecule has 80 valence electrons. The zero-order valence-electron chi connectivity index (χ0n) is 7.87. The summed E-state index contributed by atoms with van der Waals surface area (Å²) in [5.41, 5.74) is 5.68. The van der Waals surface area contributed by atoms with Gasteiger partial charge in [0.2, 0.25) is 0 Å². The third-order valence-electron chi connectivity index (χ3n) is 1.08. The molecule has 0 saturated heterocycles. The first kappa shape index (κ1) is 14.9.